The number of hydrogen-bond donors (Lipinski definition) is 2. The van der Waals surface area contributed by atoms with Gasteiger partial charge >= 0.3 is 5.97 Å². The summed E-state index contributed by atoms with van der Waals surface area (Å²) in [5, 5.41) is 2.90. The Morgan fingerprint density at radius 3 is 2.67 bits per heavy atom. The van der Waals surface area contributed by atoms with Gasteiger partial charge < -0.3 is 15.8 Å². The average Bonchev–Trinajstić information content (AvgIpc) is 2.45. The summed E-state index contributed by atoms with van der Waals surface area (Å²) >= 11 is 0. The van der Waals surface area contributed by atoms with E-state index in [1.165, 1.54) is 0 Å². The fourth-order valence-electron chi connectivity index (χ4n) is 2.29. The van der Waals surface area contributed by atoms with E-state index in [9.17, 15) is 4.79 Å². The molecule has 5 heteroatoms. The number of hydrogen-bond acceptors (Lipinski definition) is 5. The molecular weight excluding hydrogens is 266 g/mol. The molecule has 0 spiro atoms. The number of aliphatic imine (C=N–C) groups is 1. The van der Waals surface area contributed by atoms with Crippen molar-refractivity contribution in [3.05, 3.63) is 47.2 Å². The smallest absolute Gasteiger partial charge is 0.338 e. The predicted octanol–water partition coefficient (Wildman–Crippen LogP) is 1.95. The van der Waals surface area contributed by atoms with Gasteiger partial charge in [0.05, 0.1) is 11.6 Å². The summed E-state index contributed by atoms with van der Waals surface area (Å²) < 4.78 is 5.41. The molecule has 3 N–H and O–H groups in total. The number of nitrogens with two attached hydrogens (primary N) is 1. The molecule has 1 unspecified atom stereocenters. The third-order valence-corrected chi connectivity index (χ3v) is 3.36. The van der Waals surface area contributed by atoms with Crippen LogP contribution in [-0.4, -0.2) is 18.0 Å². The van der Waals surface area contributed by atoms with E-state index in [2.05, 4.69) is 10.3 Å². The summed E-state index contributed by atoms with van der Waals surface area (Å²) in [7, 11) is 0. The molecule has 112 valence electrons. The van der Waals surface area contributed by atoms with E-state index in [0.29, 0.717) is 17.2 Å². The number of allylic oxidation sites excluding steroid dienone is 1. The van der Waals surface area contributed by atoms with E-state index in [4.69, 9.17) is 10.5 Å². The minimum atomic E-state index is -0.348. The zero-order chi connectivity index (χ0) is 15.4. The summed E-state index contributed by atoms with van der Waals surface area (Å²) in [5.74, 6) is 0.157. The highest BCUT2D eigenvalue weighted by Gasteiger charge is 2.30. The van der Waals surface area contributed by atoms with Gasteiger partial charge in [0.15, 0.2) is 5.96 Å². The van der Waals surface area contributed by atoms with Crippen LogP contribution in [0.4, 0.5) is 0 Å². The van der Waals surface area contributed by atoms with Crippen molar-refractivity contribution in [2.75, 3.05) is 0 Å². The fraction of sp³-hybridized carbons (Fsp3) is 0.375. The third-order valence-electron chi connectivity index (χ3n) is 3.36. The van der Waals surface area contributed by atoms with Crippen molar-refractivity contribution >= 4 is 11.9 Å². The monoisotopic (exact) mass is 287 g/mol. The van der Waals surface area contributed by atoms with Crippen molar-refractivity contribution in [1.82, 2.24) is 5.32 Å². The standard InChI is InChI=1S/C16H21N3O2/c1-10(2)14-13(11(3)18-16(17)19-14)15(20)21-9-12-7-5-4-6-8-12/h4-8,10,14H,9H2,1-3H3,(H3,17,18,19). The first-order chi connectivity index (χ1) is 9.99. The molecule has 1 aliphatic rings. The maximum absolute atomic E-state index is 12.4. The van der Waals surface area contributed by atoms with Crippen molar-refractivity contribution in [1.29, 1.82) is 0 Å². The van der Waals surface area contributed by atoms with Gasteiger partial charge in [-0.15, -0.1) is 0 Å². The number of benzene rings is 1. The van der Waals surface area contributed by atoms with E-state index in [-0.39, 0.29) is 24.5 Å². The van der Waals surface area contributed by atoms with Crippen LogP contribution in [-0.2, 0) is 16.1 Å². The molecule has 0 amide bonds. The molecule has 1 atom stereocenters. The Balaban J connectivity index is 2.11. The van der Waals surface area contributed by atoms with Crippen molar-refractivity contribution < 1.29 is 9.53 Å². The van der Waals surface area contributed by atoms with E-state index in [0.717, 1.165) is 5.56 Å². The maximum atomic E-state index is 12.4. The third kappa shape index (κ3) is 3.62. The highest BCUT2D eigenvalue weighted by molar-refractivity contribution is 5.94. The van der Waals surface area contributed by atoms with Crippen LogP contribution >= 0.6 is 0 Å². The van der Waals surface area contributed by atoms with Gasteiger partial charge in [-0.25, -0.2) is 9.79 Å². The lowest BCUT2D eigenvalue weighted by molar-refractivity contribution is -0.140. The molecule has 1 aromatic carbocycles. The second kappa shape index (κ2) is 6.43. The molecule has 1 aromatic rings. The Labute approximate surface area is 124 Å². The molecular formula is C16H21N3O2. The zero-order valence-corrected chi connectivity index (χ0v) is 12.6. The van der Waals surface area contributed by atoms with Crippen LogP contribution in [0.3, 0.4) is 0 Å². The first-order valence-corrected chi connectivity index (χ1v) is 7.01. The molecule has 0 bridgehead atoms. The van der Waals surface area contributed by atoms with E-state index in [1.807, 2.05) is 51.1 Å². The number of nitrogens with zero attached hydrogens (tertiary/aromatic N) is 1. The lowest BCUT2D eigenvalue weighted by Crippen LogP contribution is -2.41. The van der Waals surface area contributed by atoms with Crippen molar-refractivity contribution in [3.63, 3.8) is 0 Å². The molecule has 1 heterocycles. The van der Waals surface area contributed by atoms with Gasteiger partial charge in [-0.05, 0) is 18.4 Å². The molecule has 0 radical (unpaired) electrons. The molecule has 0 saturated heterocycles. The van der Waals surface area contributed by atoms with Gasteiger partial charge in [0.1, 0.15) is 6.61 Å². The molecule has 0 aromatic heterocycles. The average molecular weight is 287 g/mol. The predicted molar refractivity (Wildman–Crippen MR) is 82.3 cm³/mol. The lowest BCUT2D eigenvalue weighted by atomic mass is 9.94. The first kappa shape index (κ1) is 15.1. The van der Waals surface area contributed by atoms with Crippen molar-refractivity contribution in [3.8, 4) is 0 Å². The van der Waals surface area contributed by atoms with Gasteiger partial charge in [-0.3, -0.25) is 0 Å². The van der Waals surface area contributed by atoms with Gasteiger partial charge in [0.2, 0.25) is 0 Å². The minimum Gasteiger partial charge on any atom is -0.457 e. The second-order valence-electron chi connectivity index (χ2n) is 5.43. The van der Waals surface area contributed by atoms with Crippen LogP contribution in [0.2, 0.25) is 0 Å². The number of guanidine groups is 1. The SMILES string of the molecule is CC1=C(C(=O)OCc2ccccc2)C(C(C)C)N=C(N)N1. The number of esters is 1. The summed E-state index contributed by atoms with van der Waals surface area (Å²) in [5.41, 5.74) is 7.95. The molecule has 2 rings (SSSR count). The quantitative estimate of drug-likeness (QED) is 0.830. The van der Waals surface area contributed by atoms with Gasteiger partial charge in [0, 0.05) is 5.70 Å². The van der Waals surface area contributed by atoms with Crippen molar-refractivity contribution in [2.45, 2.75) is 33.4 Å². The summed E-state index contributed by atoms with van der Waals surface area (Å²) in [6, 6.07) is 9.33. The molecule has 0 aliphatic carbocycles. The number of carbonyl (C=O) groups excluding carboxylic acids is 1. The lowest BCUT2D eigenvalue weighted by Gasteiger charge is -2.26. The van der Waals surface area contributed by atoms with E-state index >= 15 is 0 Å². The Kier molecular flexibility index (Phi) is 4.62. The number of rotatable bonds is 4. The van der Waals surface area contributed by atoms with Crippen LogP contribution in [0.15, 0.2) is 46.6 Å². The number of ether oxygens (including phenoxy) is 1. The summed E-state index contributed by atoms with van der Waals surface area (Å²) in [4.78, 5) is 16.7. The highest BCUT2D eigenvalue weighted by atomic mass is 16.5. The van der Waals surface area contributed by atoms with Crippen molar-refractivity contribution in [2.24, 2.45) is 16.6 Å². The van der Waals surface area contributed by atoms with E-state index in [1.54, 1.807) is 0 Å². The Morgan fingerprint density at radius 2 is 2.05 bits per heavy atom. The maximum Gasteiger partial charge on any atom is 0.338 e. The summed E-state index contributed by atoms with van der Waals surface area (Å²) in [6.07, 6.45) is 0. The number of nitrogens with one attached hydrogen (secondary N) is 1. The highest BCUT2D eigenvalue weighted by Crippen LogP contribution is 2.23. The van der Waals surface area contributed by atoms with Gasteiger partial charge in [0.25, 0.3) is 0 Å². The largest absolute Gasteiger partial charge is 0.457 e. The number of carbonyl (C=O) groups is 1. The fourth-order valence-corrected chi connectivity index (χ4v) is 2.29. The molecule has 0 saturated carbocycles. The van der Waals surface area contributed by atoms with Crippen LogP contribution < -0.4 is 11.1 Å². The minimum absolute atomic E-state index is 0.167. The molecule has 21 heavy (non-hydrogen) atoms. The van der Waals surface area contributed by atoms with Crippen LogP contribution in [0.25, 0.3) is 0 Å². The summed E-state index contributed by atoms with van der Waals surface area (Å²) in [6.45, 7) is 6.07. The first-order valence-electron chi connectivity index (χ1n) is 7.01. The zero-order valence-electron chi connectivity index (χ0n) is 12.6. The van der Waals surface area contributed by atoms with Gasteiger partial charge in [-0.1, -0.05) is 44.2 Å². The van der Waals surface area contributed by atoms with Crippen LogP contribution in [0.1, 0.15) is 26.3 Å². The van der Waals surface area contributed by atoms with Crippen LogP contribution in [0.5, 0.6) is 0 Å². The molecule has 5 nitrogen and oxygen atoms in total. The Morgan fingerprint density at radius 1 is 1.38 bits per heavy atom. The Bertz CT molecular complexity index is 576. The second-order valence-corrected chi connectivity index (χ2v) is 5.43. The Hall–Kier alpha value is -2.30. The molecule has 1 aliphatic heterocycles. The molecule has 0 fully saturated rings. The van der Waals surface area contributed by atoms with Crippen LogP contribution in [0, 0.1) is 5.92 Å². The van der Waals surface area contributed by atoms with Gasteiger partial charge in [-0.2, -0.15) is 0 Å². The van der Waals surface area contributed by atoms with E-state index < -0.39 is 0 Å². The topological polar surface area (TPSA) is 76.7 Å². The normalized spacial score (nSPS) is 18.3.